The molecule has 0 N–H and O–H groups in total. The van der Waals surface area contributed by atoms with Gasteiger partial charge in [-0.15, -0.1) is 0 Å². The molecule has 28 heavy (non-hydrogen) atoms. The molecule has 142 valence electrons. The third-order valence-electron chi connectivity index (χ3n) is 5.12. The number of imide groups is 1. The molecule has 7 nitrogen and oxygen atoms in total. The van der Waals surface area contributed by atoms with Crippen molar-refractivity contribution in [3.63, 3.8) is 0 Å². The maximum atomic E-state index is 13.2. The third-order valence-corrected chi connectivity index (χ3v) is 5.12. The molecule has 2 aromatic rings. The topological polar surface area (TPSA) is 83.8 Å². The van der Waals surface area contributed by atoms with E-state index in [0.29, 0.717) is 16.8 Å². The van der Waals surface area contributed by atoms with Crippen LogP contribution in [0.25, 0.3) is 5.57 Å². The monoisotopic (exact) mass is 377 g/mol. The first-order valence-corrected chi connectivity index (χ1v) is 9.20. The molecule has 2 aliphatic heterocycles. The van der Waals surface area contributed by atoms with Crippen molar-refractivity contribution in [2.24, 2.45) is 0 Å². The number of hydrogen-bond acceptors (Lipinski definition) is 5. The van der Waals surface area contributed by atoms with E-state index in [2.05, 4.69) is 0 Å². The zero-order chi connectivity index (χ0) is 19.7. The van der Waals surface area contributed by atoms with Crippen LogP contribution in [0.2, 0.25) is 0 Å². The van der Waals surface area contributed by atoms with Crippen molar-refractivity contribution >= 4 is 23.1 Å². The van der Waals surface area contributed by atoms with Crippen molar-refractivity contribution in [2.75, 3.05) is 13.1 Å². The van der Waals surface area contributed by atoms with E-state index in [1.165, 1.54) is 17.0 Å². The number of benzene rings is 2. The number of carbonyl (C=O) groups excluding carboxylic acids is 2. The maximum Gasteiger partial charge on any atom is 0.278 e. The fraction of sp³-hybridized carbons (Fsp3) is 0.238. The minimum atomic E-state index is -0.483. The molecule has 2 aliphatic rings. The summed E-state index contributed by atoms with van der Waals surface area (Å²) in [4.78, 5) is 40.0. The second-order valence-electron chi connectivity index (χ2n) is 6.90. The predicted octanol–water partition coefficient (Wildman–Crippen LogP) is 2.97. The lowest BCUT2D eigenvalue weighted by Gasteiger charge is -2.20. The van der Waals surface area contributed by atoms with Gasteiger partial charge in [-0.3, -0.25) is 24.6 Å². The fourth-order valence-corrected chi connectivity index (χ4v) is 3.72. The molecule has 0 radical (unpaired) electrons. The van der Waals surface area contributed by atoms with Crippen LogP contribution in [-0.4, -0.2) is 39.6 Å². The molecular formula is C21H19N3O4. The van der Waals surface area contributed by atoms with Crippen LogP contribution >= 0.6 is 0 Å². The number of rotatable bonds is 5. The number of nitro groups is 1. The van der Waals surface area contributed by atoms with E-state index in [9.17, 15) is 19.7 Å². The van der Waals surface area contributed by atoms with Crippen molar-refractivity contribution in [1.82, 2.24) is 9.80 Å². The molecule has 0 saturated carbocycles. The van der Waals surface area contributed by atoms with Crippen LogP contribution in [0.4, 0.5) is 5.69 Å². The van der Waals surface area contributed by atoms with Crippen molar-refractivity contribution in [3.8, 4) is 0 Å². The van der Waals surface area contributed by atoms with Crippen LogP contribution in [0.3, 0.4) is 0 Å². The number of non-ortho nitro benzene ring substituents is 1. The van der Waals surface area contributed by atoms with Crippen LogP contribution in [0.1, 0.15) is 24.0 Å². The number of likely N-dealkylation sites (tertiary alicyclic amines) is 1. The van der Waals surface area contributed by atoms with Crippen LogP contribution < -0.4 is 0 Å². The summed E-state index contributed by atoms with van der Waals surface area (Å²) in [6.07, 6.45) is 1.94. The third kappa shape index (κ3) is 3.15. The van der Waals surface area contributed by atoms with Gasteiger partial charge in [0.25, 0.3) is 17.5 Å². The summed E-state index contributed by atoms with van der Waals surface area (Å²) < 4.78 is 0. The Morgan fingerprint density at radius 1 is 0.893 bits per heavy atom. The molecule has 1 saturated heterocycles. The summed E-state index contributed by atoms with van der Waals surface area (Å²) >= 11 is 0. The molecule has 7 heteroatoms. The smallest absolute Gasteiger partial charge is 0.278 e. The van der Waals surface area contributed by atoms with E-state index < -0.39 is 4.92 Å². The molecular weight excluding hydrogens is 358 g/mol. The Morgan fingerprint density at radius 3 is 2.14 bits per heavy atom. The Labute approximate surface area is 162 Å². The summed E-state index contributed by atoms with van der Waals surface area (Å²) in [6.45, 7) is 1.65. The van der Waals surface area contributed by atoms with E-state index in [1.54, 1.807) is 12.1 Å². The maximum absolute atomic E-state index is 13.2. The fourth-order valence-electron chi connectivity index (χ4n) is 3.72. The minimum absolute atomic E-state index is 0.0509. The van der Waals surface area contributed by atoms with Gasteiger partial charge < -0.3 is 4.90 Å². The Bertz CT molecular complexity index is 961. The van der Waals surface area contributed by atoms with Crippen LogP contribution in [-0.2, 0) is 16.1 Å². The molecule has 0 aromatic heterocycles. The number of hydrogen-bond donors (Lipinski definition) is 0. The van der Waals surface area contributed by atoms with Crippen LogP contribution in [0.5, 0.6) is 0 Å². The highest BCUT2D eigenvalue weighted by Crippen LogP contribution is 2.34. The summed E-state index contributed by atoms with van der Waals surface area (Å²) in [5.74, 6) is -0.659. The van der Waals surface area contributed by atoms with Gasteiger partial charge in [0.1, 0.15) is 5.70 Å². The van der Waals surface area contributed by atoms with E-state index in [1.807, 2.05) is 35.2 Å². The van der Waals surface area contributed by atoms with Gasteiger partial charge in [-0.05, 0) is 36.1 Å². The first-order chi connectivity index (χ1) is 13.6. The molecule has 4 rings (SSSR count). The van der Waals surface area contributed by atoms with E-state index in [0.717, 1.165) is 31.5 Å². The number of nitro benzene ring substituents is 1. The highest BCUT2D eigenvalue weighted by atomic mass is 16.6. The van der Waals surface area contributed by atoms with E-state index in [-0.39, 0.29) is 24.0 Å². The quantitative estimate of drug-likeness (QED) is 0.454. The number of nitrogens with zero attached hydrogens (tertiary/aromatic N) is 3. The molecule has 1 fully saturated rings. The second kappa shape index (κ2) is 7.26. The van der Waals surface area contributed by atoms with Gasteiger partial charge in [0, 0.05) is 25.2 Å². The van der Waals surface area contributed by atoms with Crippen molar-refractivity contribution in [1.29, 1.82) is 0 Å². The van der Waals surface area contributed by atoms with Crippen LogP contribution in [0, 0.1) is 10.1 Å². The van der Waals surface area contributed by atoms with E-state index in [4.69, 9.17) is 0 Å². The molecule has 0 atom stereocenters. The largest absolute Gasteiger partial charge is 0.366 e. The van der Waals surface area contributed by atoms with E-state index >= 15 is 0 Å². The first-order valence-electron chi connectivity index (χ1n) is 9.20. The van der Waals surface area contributed by atoms with Gasteiger partial charge in [-0.25, -0.2) is 0 Å². The first kappa shape index (κ1) is 17.9. The lowest BCUT2D eigenvalue weighted by Crippen LogP contribution is -2.34. The number of amides is 2. The highest BCUT2D eigenvalue weighted by Gasteiger charge is 2.42. The molecule has 0 aliphatic carbocycles. The van der Waals surface area contributed by atoms with Crippen molar-refractivity contribution in [2.45, 2.75) is 19.4 Å². The highest BCUT2D eigenvalue weighted by molar-refractivity contribution is 6.35. The lowest BCUT2D eigenvalue weighted by molar-refractivity contribution is -0.384. The van der Waals surface area contributed by atoms with Gasteiger partial charge in [0.15, 0.2) is 0 Å². The lowest BCUT2D eigenvalue weighted by atomic mass is 10.0. The van der Waals surface area contributed by atoms with Gasteiger partial charge in [-0.2, -0.15) is 0 Å². The Balaban J connectivity index is 1.73. The van der Waals surface area contributed by atoms with Crippen molar-refractivity contribution < 1.29 is 14.5 Å². The molecule has 0 bridgehead atoms. The molecule has 2 heterocycles. The normalized spacial score (nSPS) is 17.0. The predicted molar refractivity (Wildman–Crippen MR) is 103 cm³/mol. The summed E-state index contributed by atoms with van der Waals surface area (Å²) in [7, 11) is 0. The van der Waals surface area contributed by atoms with Crippen LogP contribution in [0.15, 0.2) is 60.3 Å². The summed E-state index contributed by atoms with van der Waals surface area (Å²) in [5.41, 5.74) is 2.09. The van der Waals surface area contributed by atoms with Gasteiger partial charge >= 0.3 is 0 Å². The standard InChI is InChI=1S/C21H19N3O4/c25-20-18(16-8-10-17(11-9-16)24(27)28)19(22-12-4-5-13-22)21(26)23(20)14-15-6-2-1-3-7-15/h1-3,6-11H,4-5,12-14H2. The Morgan fingerprint density at radius 2 is 1.54 bits per heavy atom. The molecule has 0 spiro atoms. The average molecular weight is 377 g/mol. The van der Waals surface area contributed by atoms with Gasteiger partial charge in [0.2, 0.25) is 0 Å². The molecule has 2 amide bonds. The second-order valence-corrected chi connectivity index (χ2v) is 6.90. The number of carbonyl (C=O) groups is 2. The summed E-state index contributed by atoms with van der Waals surface area (Å²) in [5, 5.41) is 10.9. The van der Waals surface area contributed by atoms with Gasteiger partial charge in [-0.1, -0.05) is 30.3 Å². The average Bonchev–Trinajstić information content (AvgIpc) is 3.31. The SMILES string of the molecule is O=C1C(c2ccc([N+](=O)[O-])cc2)=C(N2CCCC2)C(=O)N1Cc1ccccc1. The Kier molecular flexibility index (Phi) is 4.65. The Hall–Kier alpha value is -3.48. The molecule has 0 unspecified atom stereocenters. The zero-order valence-electron chi connectivity index (χ0n) is 15.2. The minimum Gasteiger partial charge on any atom is -0.366 e. The zero-order valence-corrected chi connectivity index (χ0v) is 15.2. The van der Waals surface area contributed by atoms with Gasteiger partial charge in [0.05, 0.1) is 17.0 Å². The molecule has 2 aromatic carbocycles. The summed E-state index contributed by atoms with van der Waals surface area (Å²) in [6, 6.07) is 15.2. The van der Waals surface area contributed by atoms with Crippen molar-refractivity contribution in [3.05, 3.63) is 81.5 Å².